The Kier molecular flexibility index (Phi) is 7.29. The average Bonchev–Trinajstić information content (AvgIpc) is 3.82. The average molecular weight is 686 g/mol. The van der Waals surface area contributed by atoms with Gasteiger partial charge in [0.15, 0.2) is 5.58 Å². The SMILES string of the molecule is c1ccc(-c2nc3cc(N(c4ccccc4)c4cccc5c4sc4ccccc45)cc(N(c4ccccc4)c4ccc5ccccc5c4)c3o2)cc1. The quantitative estimate of drug-likeness (QED) is 0.167. The predicted octanol–water partition coefficient (Wildman–Crippen LogP) is 14.0. The van der Waals surface area contributed by atoms with E-state index in [4.69, 9.17) is 9.40 Å². The number of para-hydroxylation sites is 2. The molecule has 246 valence electrons. The summed E-state index contributed by atoms with van der Waals surface area (Å²) in [4.78, 5) is 9.83. The fourth-order valence-electron chi connectivity index (χ4n) is 7.23. The highest BCUT2D eigenvalue weighted by molar-refractivity contribution is 7.26. The van der Waals surface area contributed by atoms with Crippen LogP contribution in [0.15, 0.2) is 192 Å². The molecular formula is C47H31N3OS. The molecule has 0 radical (unpaired) electrons. The van der Waals surface area contributed by atoms with Crippen LogP contribution in [0.1, 0.15) is 0 Å². The molecule has 0 spiro atoms. The van der Waals surface area contributed by atoms with Crippen molar-refractivity contribution in [1.29, 1.82) is 0 Å². The molecule has 52 heavy (non-hydrogen) atoms. The summed E-state index contributed by atoms with van der Waals surface area (Å²) >= 11 is 1.83. The zero-order chi connectivity index (χ0) is 34.4. The van der Waals surface area contributed by atoms with Crippen molar-refractivity contribution >= 4 is 87.5 Å². The van der Waals surface area contributed by atoms with Gasteiger partial charge in [-0.25, -0.2) is 4.98 Å². The van der Waals surface area contributed by atoms with Crippen LogP contribution in [0.25, 0.3) is 53.5 Å². The van der Waals surface area contributed by atoms with Gasteiger partial charge in [-0.3, -0.25) is 0 Å². The summed E-state index contributed by atoms with van der Waals surface area (Å²) in [6, 6.07) is 66.1. The van der Waals surface area contributed by atoms with Crippen molar-refractivity contribution in [3.05, 3.63) is 188 Å². The molecule has 10 aromatic rings. The zero-order valence-electron chi connectivity index (χ0n) is 28.1. The first kappa shape index (κ1) is 30.2. The summed E-state index contributed by atoms with van der Waals surface area (Å²) in [6.07, 6.45) is 0. The smallest absolute Gasteiger partial charge is 0.227 e. The van der Waals surface area contributed by atoms with Crippen LogP contribution >= 0.6 is 11.3 Å². The number of oxazole rings is 1. The van der Waals surface area contributed by atoms with Crippen molar-refractivity contribution in [2.75, 3.05) is 9.80 Å². The molecule has 0 bridgehead atoms. The number of thiophene rings is 1. The van der Waals surface area contributed by atoms with Gasteiger partial charge in [-0.05, 0) is 83.6 Å². The van der Waals surface area contributed by atoms with Gasteiger partial charge in [-0.1, -0.05) is 115 Å². The van der Waals surface area contributed by atoms with Gasteiger partial charge in [0.05, 0.1) is 21.8 Å². The van der Waals surface area contributed by atoms with Gasteiger partial charge >= 0.3 is 0 Å². The van der Waals surface area contributed by atoms with Crippen molar-refractivity contribution < 1.29 is 4.42 Å². The maximum Gasteiger partial charge on any atom is 0.227 e. The molecular weight excluding hydrogens is 655 g/mol. The van der Waals surface area contributed by atoms with Crippen LogP contribution in [-0.4, -0.2) is 4.98 Å². The van der Waals surface area contributed by atoms with Crippen LogP contribution in [0.3, 0.4) is 0 Å². The minimum Gasteiger partial charge on any atom is -0.434 e. The Morgan fingerprint density at radius 3 is 1.85 bits per heavy atom. The summed E-state index contributed by atoms with van der Waals surface area (Å²) in [5.74, 6) is 0.582. The lowest BCUT2D eigenvalue weighted by atomic mass is 10.1. The Morgan fingerprint density at radius 1 is 0.442 bits per heavy atom. The monoisotopic (exact) mass is 685 g/mol. The van der Waals surface area contributed by atoms with E-state index in [-0.39, 0.29) is 0 Å². The van der Waals surface area contributed by atoms with Gasteiger partial charge in [0.25, 0.3) is 0 Å². The molecule has 8 aromatic carbocycles. The lowest BCUT2D eigenvalue weighted by Crippen LogP contribution is -2.13. The van der Waals surface area contributed by atoms with Gasteiger partial charge in [0.2, 0.25) is 5.89 Å². The molecule has 0 fully saturated rings. The van der Waals surface area contributed by atoms with E-state index in [9.17, 15) is 0 Å². The minimum absolute atomic E-state index is 0.582. The van der Waals surface area contributed by atoms with E-state index < -0.39 is 0 Å². The van der Waals surface area contributed by atoms with Gasteiger partial charge < -0.3 is 14.2 Å². The Bertz CT molecular complexity index is 2860. The maximum atomic E-state index is 6.78. The lowest BCUT2D eigenvalue weighted by Gasteiger charge is -2.29. The van der Waals surface area contributed by atoms with Crippen LogP contribution in [-0.2, 0) is 0 Å². The minimum atomic E-state index is 0.582. The molecule has 10 rings (SSSR count). The number of hydrogen-bond acceptors (Lipinski definition) is 5. The number of benzene rings is 8. The molecule has 0 N–H and O–H groups in total. The first-order valence-electron chi connectivity index (χ1n) is 17.4. The number of hydrogen-bond donors (Lipinski definition) is 0. The largest absolute Gasteiger partial charge is 0.434 e. The molecule has 2 heterocycles. The van der Waals surface area contributed by atoms with E-state index >= 15 is 0 Å². The normalized spacial score (nSPS) is 11.5. The highest BCUT2D eigenvalue weighted by Gasteiger charge is 2.25. The molecule has 0 aliphatic carbocycles. The van der Waals surface area contributed by atoms with Crippen LogP contribution in [0.4, 0.5) is 34.1 Å². The molecule has 0 unspecified atom stereocenters. The Balaban J connectivity index is 1.28. The Labute approximate surface area is 305 Å². The third-order valence-electron chi connectivity index (χ3n) is 9.62. The predicted molar refractivity (Wildman–Crippen MR) is 219 cm³/mol. The third kappa shape index (κ3) is 5.18. The van der Waals surface area contributed by atoms with E-state index in [1.807, 2.05) is 41.7 Å². The van der Waals surface area contributed by atoms with Gasteiger partial charge in [-0.15, -0.1) is 11.3 Å². The number of anilines is 6. The standard InChI is InChI=1S/C47H31N3OS/c1-4-16-33(17-5-1)47-48-41-30-38(50(36-21-8-3-9-22-36)42-25-14-24-40-39-23-12-13-26-44(39)52-46(40)42)31-43(45(41)51-47)49(35-19-6-2-7-20-35)37-28-27-32-15-10-11-18-34(32)29-37/h1-31H. The third-order valence-corrected chi connectivity index (χ3v) is 10.8. The second-order valence-electron chi connectivity index (χ2n) is 12.8. The van der Waals surface area contributed by atoms with E-state index in [1.54, 1.807) is 0 Å². The van der Waals surface area contributed by atoms with Gasteiger partial charge in [-0.2, -0.15) is 0 Å². The first-order valence-corrected chi connectivity index (χ1v) is 18.2. The summed E-state index contributed by atoms with van der Waals surface area (Å²) in [5.41, 5.74) is 8.51. The van der Waals surface area contributed by atoms with Crippen molar-refractivity contribution in [2.45, 2.75) is 0 Å². The number of nitrogens with zero attached hydrogens (tertiary/aromatic N) is 3. The fraction of sp³-hybridized carbons (Fsp3) is 0. The van der Waals surface area contributed by atoms with Gasteiger partial charge in [0, 0.05) is 38.1 Å². The molecule has 0 atom stereocenters. The summed E-state index contributed by atoms with van der Waals surface area (Å²) < 4.78 is 9.28. The molecule has 0 saturated carbocycles. The van der Waals surface area contributed by atoms with Crippen LogP contribution in [0.5, 0.6) is 0 Å². The van der Waals surface area contributed by atoms with Crippen molar-refractivity contribution in [1.82, 2.24) is 4.98 Å². The molecule has 0 saturated heterocycles. The van der Waals surface area contributed by atoms with E-state index in [2.05, 4.69) is 168 Å². The van der Waals surface area contributed by atoms with Crippen molar-refractivity contribution in [3.8, 4) is 11.5 Å². The number of fused-ring (bicyclic) bond motifs is 5. The second kappa shape index (κ2) is 12.6. The topological polar surface area (TPSA) is 32.5 Å². The Morgan fingerprint density at radius 2 is 1.08 bits per heavy atom. The van der Waals surface area contributed by atoms with E-state index in [0.717, 1.165) is 45.2 Å². The zero-order valence-corrected chi connectivity index (χ0v) is 28.9. The van der Waals surface area contributed by atoms with E-state index in [1.165, 1.54) is 30.9 Å². The molecule has 4 nitrogen and oxygen atoms in total. The molecule has 0 amide bonds. The number of rotatable bonds is 7. The summed E-state index contributed by atoms with van der Waals surface area (Å²) in [5, 5.41) is 4.87. The van der Waals surface area contributed by atoms with E-state index in [0.29, 0.717) is 11.5 Å². The maximum absolute atomic E-state index is 6.78. The fourth-order valence-corrected chi connectivity index (χ4v) is 8.44. The van der Waals surface area contributed by atoms with Crippen molar-refractivity contribution in [3.63, 3.8) is 0 Å². The summed E-state index contributed by atoms with van der Waals surface area (Å²) in [6.45, 7) is 0. The second-order valence-corrected chi connectivity index (χ2v) is 13.9. The molecule has 2 aromatic heterocycles. The van der Waals surface area contributed by atoms with Crippen molar-refractivity contribution in [2.24, 2.45) is 0 Å². The highest BCUT2D eigenvalue weighted by atomic mass is 32.1. The highest BCUT2D eigenvalue weighted by Crippen LogP contribution is 2.48. The van der Waals surface area contributed by atoms with Crippen LogP contribution in [0, 0.1) is 0 Å². The van der Waals surface area contributed by atoms with Crippen LogP contribution in [0.2, 0.25) is 0 Å². The van der Waals surface area contributed by atoms with Crippen LogP contribution < -0.4 is 9.80 Å². The summed E-state index contributed by atoms with van der Waals surface area (Å²) in [7, 11) is 0. The first-order chi connectivity index (χ1) is 25.8. The molecule has 0 aliphatic rings. The van der Waals surface area contributed by atoms with Gasteiger partial charge in [0.1, 0.15) is 5.52 Å². The molecule has 5 heteroatoms. The molecule has 0 aliphatic heterocycles. The number of aromatic nitrogens is 1. The lowest BCUT2D eigenvalue weighted by molar-refractivity contribution is 0.620. The Hall–Kier alpha value is -6.69.